The Kier molecular flexibility index (Phi) is 12.2. The Morgan fingerprint density at radius 2 is 1.53 bits per heavy atom. The molecule has 2 atom stereocenters. The van der Waals surface area contributed by atoms with Crippen LogP contribution in [0.1, 0.15) is 53.4 Å². The predicted molar refractivity (Wildman–Crippen MR) is 82.9 cm³/mol. The van der Waals surface area contributed by atoms with Crippen LogP contribution in [0.2, 0.25) is 0 Å². The Labute approximate surface area is 141 Å². The summed E-state index contributed by atoms with van der Waals surface area (Å²) in [6.07, 6.45) is 5.26. The molecule has 0 N–H and O–H groups in total. The molecule has 110 valence electrons. The Morgan fingerprint density at radius 1 is 1.05 bits per heavy atom. The quantitative estimate of drug-likeness (QED) is 0.606. The van der Waals surface area contributed by atoms with Gasteiger partial charge in [0.2, 0.25) is 0 Å². The Balaban J connectivity index is 0. The van der Waals surface area contributed by atoms with E-state index in [0.717, 1.165) is 24.9 Å². The second-order valence-electron chi connectivity index (χ2n) is 6.38. The molecule has 0 aromatic rings. The van der Waals surface area contributed by atoms with Crippen molar-refractivity contribution < 1.29 is 26.2 Å². The summed E-state index contributed by atoms with van der Waals surface area (Å²) in [6.45, 7) is 11.0. The van der Waals surface area contributed by atoms with Gasteiger partial charge in [0.25, 0.3) is 0 Å². The van der Waals surface area contributed by atoms with Gasteiger partial charge >= 0.3 is 26.2 Å². The SMILES string of the molecule is C[N-]CCC1CCC(CC[N-]C(C)(C)C)[C-]1C.[CH3-].[Zr+4]. The fraction of sp³-hybridized carbons (Fsp3) is 0.875. The van der Waals surface area contributed by atoms with Crippen molar-refractivity contribution in [2.45, 2.75) is 58.9 Å². The minimum absolute atomic E-state index is 0. The smallest absolute Gasteiger partial charge is 0.665 e. The third kappa shape index (κ3) is 8.63. The molecule has 0 aromatic carbocycles. The van der Waals surface area contributed by atoms with Gasteiger partial charge in [-0.15, -0.1) is 5.54 Å². The van der Waals surface area contributed by atoms with Gasteiger partial charge in [-0.05, 0) is 0 Å². The molecule has 19 heavy (non-hydrogen) atoms. The van der Waals surface area contributed by atoms with Crippen LogP contribution in [0, 0.1) is 25.2 Å². The average Bonchev–Trinajstić information content (AvgIpc) is 2.56. The van der Waals surface area contributed by atoms with Crippen molar-refractivity contribution >= 4 is 0 Å². The van der Waals surface area contributed by atoms with E-state index in [9.17, 15) is 0 Å². The van der Waals surface area contributed by atoms with Crippen molar-refractivity contribution in [3.63, 3.8) is 0 Å². The van der Waals surface area contributed by atoms with E-state index in [2.05, 4.69) is 33.0 Å². The summed E-state index contributed by atoms with van der Waals surface area (Å²) in [5, 5.41) is 8.93. The number of rotatable bonds is 6. The molecule has 3 heteroatoms. The summed E-state index contributed by atoms with van der Waals surface area (Å²) >= 11 is 0. The van der Waals surface area contributed by atoms with Crippen LogP contribution >= 0.6 is 0 Å². The van der Waals surface area contributed by atoms with E-state index in [1.54, 1.807) is 5.92 Å². The molecule has 1 rings (SSSR count). The Bertz CT molecular complexity index is 213. The first-order valence-electron chi connectivity index (χ1n) is 7.01. The fourth-order valence-corrected chi connectivity index (χ4v) is 2.78. The fourth-order valence-electron chi connectivity index (χ4n) is 2.78. The van der Waals surface area contributed by atoms with E-state index in [-0.39, 0.29) is 39.2 Å². The van der Waals surface area contributed by atoms with E-state index < -0.39 is 0 Å². The van der Waals surface area contributed by atoms with Crippen LogP contribution in [0.15, 0.2) is 0 Å². The van der Waals surface area contributed by atoms with Crippen molar-refractivity contribution in [1.29, 1.82) is 0 Å². The van der Waals surface area contributed by atoms with Crippen molar-refractivity contribution in [3.05, 3.63) is 24.0 Å². The normalized spacial score (nSPS) is 23.8. The first-order valence-corrected chi connectivity index (χ1v) is 7.01. The second-order valence-corrected chi connectivity index (χ2v) is 6.38. The zero-order chi connectivity index (χ0) is 12.9. The number of hydrogen-bond donors (Lipinski definition) is 0. The first-order chi connectivity index (χ1) is 7.94. The monoisotopic (exact) mass is 342 g/mol. The van der Waals surface area contributed by atoms with Crippen LogP contribution < -0.4 is 0 Å². The Morgan fingerprint density at radius 3 is 1.95 bits per heavy atom. The van der Waals surface area contributed by atoms with E-state index in [1.165, 1.54) is 25.7 Å². The van der Waals surface area contributed by atoms with E-state index in [4.69, 9.17) is 5.32 Å². The van der Waals surface area contributed by atoms with Crippen molar-refractivity contribution in [3.8, 4) is 0 Å². The Hall–Kier alpha value is 0.803. The van der Waals surface area contributed by atoms with Gasteiger partial charge in [-0.2, -0.15) is 38.9 Å². The van der Waals surface area contributed by atoms with E-state index in [1.807, 2.05) is 7.05 Å². The maximum Gasteiger partial charge on any atom is 4.00 e. The van der Waals surface area contributed by atoms with Gasteiger partial charge in [0.1, 0.15) is 0 Å². The minimum atomic E-state index is 0. The molecule has 0 bridgehead atoms. The summed E-state index contributed by atoms with van der Waals surface area (Å²) in [5.74, 6) is 3.37. The second kappa shape index (κ2) is 10.5. The van der Waals surface area contributed by atoms with Crippen molar-refractivity contribution in [1.82, 2.24) is 0 Å². The summed E-state index contributed by atoms with van der Waals surface area (Å²) in [7, 11) is 1.92. The van der Waals surface area contributed by atoms with Gasteiger partial charge in [-0.1, -0.05) is 46.5 Å². The molecular weight excluding hydrogens is 311 g/mol. The van der Waals surface area contributed by atoms with Crippen LogP contribution in [0.3, 0.4) is 0 Å². The summed E-state index contributed by atoms with van der Waals surface area (Å²) in [5.41, 5.74) is 0.132. The zero-order valence-corrected chi connectivity index (χ0v) is 16.2. The standard InChI is InChI=1S/C15H29N2.CH3.Zr/c1-12-13(8-10-16-5)6-7-14(12)9-11-17-15(2,3)4;;/h13-14H,6-11H2,1-5H3;1H3;/q-3;-1;+4. The summed E-state index contributed by atoms with van der Waals surface area (Å²) in [6, 6.07) is 0. The molecule has 1 saturated carbocycles. The van der Waals surface area contributed by atoms with Crippen LogP contribution in [-0.2, 0) is 26.2 Å². The average molecular weight is 344 g/mol. The van der Waals surface area contributed by atoms with Crippen LogP contribution in [0.25, 0.3) is 10.6 Å². The third-order valence-electron chi connectivity index (χ3n) is 3.92. The van der Waals surface area contributed by atoms with Gasteiger partial charge in [-0.3, -0.25) is 0 Å². The molecule has 1 fully saturated rings. The van der Waals surface area contributed by atoms with E-state index in [0.29, 0.717) is 0 Å². The molecular formula is C16H32N2Zr. The van der Waals surface area contributed by atoms with Crippen molar-refractivity contribution in [2.24, 2.45) is 11.8 Å². The molecule has 0 saturated heterocycles. The largest absolute Gasteiger partial charge is 4.00 e. The number of nitrogens with zero attached hydrogens (tertiary/aromatic N) is 2. The van der Waals surface area contributed by atoms with Crippen molar-refractivity contribution in [2.75, 3.05) is 20.1 Å². The van der Waals surface area contributed by atoms with Crippen LogP contribution in [0.5, 0.6) is 0 Å². The van der Waals surface area contributed by atoms with Gasteiger partial charge < -0.3 is 24.0 Å². The predicted octanol–water partition coefficient (Wildman–Crippen LogP) is 5.01. The molecule has 0 radical (unpaired) electrons. The molecule has 0 amide bonds. The molecule has 0 spiro atoms. The molecule has 2 nitrogen and oxygen atoms in total. The summed E-state index contributed by atoms with van der Waals surface area (Å²) in [4.78, 5) is 0. The maximum atomic E-state index is 4.71. The van der Waals surface area contributed by atoms with Gasteiger partial charge in [0.05, 0.1) is 0 Å². The third-order valence-corrected chi connectivity index (χ3v) is 3.92. The molecule has 0 aromatic heterocycles. The van der Waals surface area contributed by atoms with Crippen LogP contribution in [0.4, 0.5) is 0 Å². The van der Waals surface area contributed by atoms with Gasteiger partial charge in [-0.25, -0.2) is 0 Å². The molecule has 0 aliphatic heterocycles. The first kappa shape index (κ1) is 22.1. The molecule has 2 unspecified atom stereocenters. The zero-order valence-electron chi connectivity index (χ0n) is 13.8. The minimum Gasteiger partial charge on any atom is -0.665 e. The maximum absolute atomic E-state index is 4.71. The molecule has 0 heterocycles. The van der Waals surface area contributed by atoms with Gasteiger partial charge in [0, 0.05) is 0 Å². The van der Waals surface area contributed by atoms with E-state index >= 15 is 0 Å². The van der Waals surface area contributed by atoms with Crippen LogP contribution in [-0.4, -0.2) is 25.7 Å². The van der Waals surface area contributed by atoms with Gasteiger partial charge in [0.15, 0.2) is 0 Å². The number of hydrogen-bond acceptors (Lipinski definition) is 0. The topological polar surface area (TPSA) is 28.2 Å². The summed E-state index contributed by atoms with van der Waals surface area (Å²) < 4.78 is 0. The molecule has 1 aliphatic rings. The molecule has 1 aliphatic carbocycles.